The zero-order valence-electron chi connectivity index (χ0n) is 16.2. The monoisotopic (exact) mass is 348 g/mol. The quantitative estimate of drug-likeness (QED) is 0.620. The Labute approximate surface area is 156 Å². The second-order valence-electron chi connectivity index (χ2n) is 8.40. The molecule has 2 aromatic rings. The summed E-state index contributed by atoms with van der Waals surface area (Å²) in [5.41, 5.74) is 2.45. The first-order chi connectivity index (χ1) is 12.4. The van der Waals surface area contributed by atoms with Crippen LogP contribution in [-0.2, 0) is 6.54 Å². The molecule has 26 heavy (non-hydrogen) atoms. The molecule has 0 aromatic carbocycles. The van der Waals surface area contributed by atoms with Gasteiger partial charge in [0.05, 0.1) is 29.5 Å². The third-order valence-corrected chi connectivity index (χ3v) is 6.87. The van der Waals surface area contributed by atoms with Crippen LogP contribution in [0.4, 0.5) is 0 Å². The van der Waals surface area contributed by atoms with Gasteiger partial charge in [-0.2, -0.15) is 0 Å². The van der Waals surface area contributed by atoms with Gasteiger partial charge in [0.1, 0.15) is 6.04 Å². The predicted molar refractivity (Wildman–Crippen MR) is 103 cm³/mol. The van der Waals surface area contributed by atoms with Crippen LogP contribution in [0, 0.1) is 5.41 Å². The topological polar surface area (TPSA) is 32.0 Å². The average Bonchev–Trinajstić information content (AvgIpc) is 2.79. The number of hydrogen-bond donors (Lipinski definition) is 0. The van der Waals surface area contributed by atoms with Crippen LogP contribution >= 0.6 is 0 Å². The molecule has 1 aliphatic heterocycles. The van der Waals surface area contributed by atoms with E-state index in [0.717, 1.165) is 17.9 Å². The number of nitrogens with zero attached hydrogens (tertiary/aromatic N) is 4. The van der Waals surface area contributed by atoms with Crippen molar-refractivity contribution in [2.45, 2.75) is 64.7 Å². The Morgan fingerprint density at radius 2 is 1.88 bits per heavy atom. The molecular formula is C22H28N4. The fourth-order valence-corrected chi connectivity index (χ4v) is 4.73. The fourth-order valence-electron chi connectivity index (χ4n) is 4.73. The second kappa shape index (κ2) is 6.19. The summed E-state index contributed by atoms with van der Waals surface area (Å²) in [7, 11) is 0. The molecule has 136 valence electrons. The average molecular weight is 348 g/mol. The van der Waals surface area contributed by atoms with Crippen LogP contribution in [0.1, 0.15) is 58.0 Å². The van der Waals surface area contributed by atoms with Gasteiger partial charge in [-0.1, -0.05) is 26.0 Å². The molecule has 0 saturated heterocycles. The van der Waals surface area contributed by atoms with Gasteiger partial charge in [0.25, 0.3) is 0 Å². The largest absolute Gasteiger partial charge is 0.428 e. The molecule has 1 saturated carbocycles. The predicted octanol–water partition coefficient (Wildman–Crippen LogP) is 3.92. The second-order valence-corrected chi connectivity index (χ2v) is 8.40. The molecule has 4 nitrogen and oxygen atoms in total. The van der Waals surface area contributed by atoms with E-state index in [1.807, 2.05) is 24.5 Å². The lowest BCUT2D eigenvalue weighted by molar-refractivity contribution is -0.640. The van der Waals surface area contributed by atoms with E-state index >= 15 is 0 Å². The SMILES string of the molecule is C[C@@H](c1ccccn1)N1[C-]=[N+](Cc2ccccn2)[C@]2(C)CC[C@H]1C2(C)C. The highest BCUT2D eigenvalue weighted by atomic mass is 15.3. The summed E-state index contributed by atoms with van der Waals surface area (Å²) >= 11 is 0. The van der Waals surface area contributed by atoms with Crippen LogP contribution in [0.25, 0.3) is 0 Å². The van der Waals surface area contributed by atoms with Gasteiger partial charge in [0, 0.05) is 17.8 Å². The van der Waals surface area contributed by atoms with Crippen molar-refractivity contribution in [2.75, 3.05) is 0 Å². The van der Waals surface area contributed by atoms with Crippen molar-refractivity contribution in [1.29, 1.82) is 0 Å². The van der Waals surface area contributed by atoms with Gasteiger partial charge < -0.3 is 9.48 Å². The zero-order chi connectivity index (χ0) is 18.4. The highest BCUT2D eigenvalue weighted by Gasteiger charge is 2.59. The van der Waals surface area contributed by atoms with E-state index in [2.05, 4.69) is 77.7 Å². The van der Waals surface area contributed by atoms with Gasteiger partial charge in [-0.15, -0.1) is 6.34 Å². The Bertz CT molecular complexity index is 799. The number of hydrogen-bond acceptors (Lipinski definition) is 3. The molecule has 2 aromatic heterocycles. The molecule has 1 aliphatic carbocycles. The Hall–Kier alpha value is -2.23. The molecule has 0 radical (unpaired) electrons. The molecule has 3 atom stereocenters. The maximum absolute atomic E-state index is 4.60. The number of pyridine rings is 2. The van der Waals surface area contributed by atoms with Gasteiger partial charge in [0.15, 0.2) is 0 Å². The zero-order valence-corrected chi connectivity index (χ0v) is 16.2. The van der Waals surface area contributed by atoms with E-state index in [1.165, 1.54) is 12.8 Å². The minimum absolute atomic E-state index is 0.0928. The standard InChI is InChI=1S/C22H28N4/c1-17(19-10-6-8-14-24-19)26-16-25(15-18-9-5-7-13-23-18)22(4)12-11-20(26)21(22,2)3/h5-10,13-14,17,20H,11-12,15H2,1-4H3/t17-,20-,22+/m0/s1. The summed E-state index contributed by atoms with van der Waals surface area (Å²) in [6.07, 6.45) is 9.86. The van der Waals surface area contributed by atoms with Gasteiger partial charge >= 0.3 is 0 Å². The van der Waals surface area contributed by atoms with E-state index in [9.17, 15) is 0 Å². The van der Waals surface area contributed by atoms with Gasteiger partial charge in [0.2, 0.25) is 0 Å². The lowest BCUT2D eigenvalue weighted by atomic mass is 9.72. The van der Waals surface area contributed by atoms with E-state index < -0.39 is 0 Å². The molecule has 0 spiro atoms. The van der Waals surface area contributed by atoms with E-state index in [-0.39, 0.29) is 17.0 Å². The van der Waals surface area contributed by atoms with E-state index in [0.29, 0.717) is 6.04 Å². The van der Waals surface area contributed by atoms with Crippen LogP contribution < -0.4 is 0 Å². The first-order valence-electron chi connectivity index (χ1n) is 9.56. The molecule has 4 rings (SSSR count). The van der Waals surface area contributed by atoms with Crippen molar-refractivity contribution in [3.63, 3.8) is 0 Å². The smallest absolute Gasteiger partial charge is 0.104 e. The molecule has 3 heterocycles. The van der Waals surface area contributed by atoms with Gasteiger partial charge in [-0.05, 0) is 51.0 Å². The van der Waals surface area contributed by atoms with Crippen molar-refractivity contribution in [3.05, 3.63) is 60.2 Å². The van der Waals surface area contributed by atoms with Gasteiger partial charge in [-0.25, -0.2) is 0 Å². The Kier molecular flexibility index (Phi) is 4.09. The third-order valence-electron chi connectivity index (χ3n) is 6.87. The molecule has 2 aliphatic rings. The molecule has 0 amide bonds. The highest BCUT2D eigenvalue weighted by Crippen LogP contribution is 2.53. The number of fused-ring (bicyclic) bond motifs is 2. The van der Waals surface area contributed by atoms with Crippen molar-refractivity contribution in [3.8, 4) is 0 Å². The maximum Gasteiger partial charge on any atom is 0.104 e. The van der Waals surface area contributed by atoms with Gasteiger partial charge in [-0.3, -0.25) is 9.97 Å². The van der Waals surface area contributed by atoms with Crippen molar-refractivity contribution >= 4 is 6.34 Å². The highest BCUT2D eigenvalue weighted by molar-refractivity contribution is 5.54. The van der Waals surface area contributed by atoms with Crippen molar-refractivity contribution in [1.82, 2.24) is 14.9 Å². The van der Waals surface area contributed by atoms with Crippen LogP contribution in [0.15, 0.2) is 48.8 Å². The summed E-state index contributed by atoms with van der Waals surface area (Å²) in [6, 6.07) is 13.0. The third kappa shape index (κ3) is 2.54. The minimum atomic E-state index is 0.0928. The lowest BCUT2D eigenvalue weighted by Gasteiger charge is -2.54. The molecule has 1 fully saturated rings. The van der Waals surface area contributed by atoms with Crippen LogP contribution in [-0.4, -0.2) is 37.4 Å². The molecular weight excluding hydrogens is 320 g/mol. The maximum atomic E-state index is 4.60. The van der Waals surface area contributed by atoms with E-state index in [1.54, 1.807) is 0 Å². The fraction of sp³-hybridized carbons (Fsp3) is 0.500. The molecule has 0 unspecified atom stereocenters. The molecule has 0 N–H and O–H groups in total. The Morgan fingerprint density at radius 1 is 1.15 bits per heavy atom. The lowest BCUT2D eigenvalue weighted by Crippen LogP contribution is -2.61. The van der Waals surface area contributed by atoms with Crippen molar-refractivity contribution in [2.24, 2.45) is 5.41 Å². The number of aromatic nitrogens is 2. The first-order valence-corrected chi connectivity index (χ1v) is 9.56. The Morgan fingerprint density at radius 3 is 2.54 bits per heavy atom. The normalized spacial score (nSPS) is 27.9. The van der Waals surface area contributed by atoms with Crippen LogP contribution in [0.2, 0.25) is 0 Å². The Balaban J connectivity index is 1.74. The van der Waals surface area contributed by atoms with Crippen LogP contribution in [0.5, 0.6) is 0 Å². The van der Waals surface area contributed by atoms with Crippen LogP contribution in [0.3, 0.4) is 0 Å². The van der Waals surface area contributed by atoms with Crippen molar-refractivity contribution < 1.29 is 4.58 Å². The molecule has 4 heteroatoms. The summed E-state index contributed by atoms with van der Waals surface area (Å²) in [4.78, 5) is 11.6. The molecule has 2 bridgehead atoms. The number of rotatable bonds is 4. The summed E-state index contributed by atoms with van der Waals surface area (Å²) in [6.45, 7) is 10.3. The van der Waals surface area contributed by atoms with E-state index in [4.69, 9.17) is 0 Å². The first kappa shape index (κ1) is 17.2. The summed E-state index contributed by atoms with van der Waals surface area (Å²) in [5, 5.41) is 0. The summed E-state index contributed by atoms with van der Waals surface area (Å²) < 4.78 is 2.40. The minimum Gasteiger partial charge on any atom is -0.428 e. The summed E-state index contributed by atoms with van der Waals surface area (Å²) in [5.74, 6) is 0.